The lowest BCUT2D eigenvalue weighted by Crippen LogP contribution is -2.43. The van der Waals surface area contributed by atoms with Gasteiger partial charge >= 0.3 is 0 Å². The first-order chi connectivity index (χ1) is 16.5. The Morgan fingerprint density at radius 1 is 1.15 bits per heavy atom. The molecule has 174 valence electrons. The molecule has 0 bridgehead atoms. The molecule has 2 aromatic carbocycles. The van der Waals surface area contributed by atoms with Crippen LogP contribution in [-0.2, 0) is 17.9 Å². The molecule has 0 unspecified atom stereocenters. The number of fused-ring (bicyclic) bond motifs is 1. The molecular weight excluding hydrogens is 467 g/mol. The minimum atomic E-state index is -0.274. The van der Waals surface area contributed by atoms with E-state index < -0.39 is 0 Å². The molecule has 0 aliphatic carbocycles. The van der Waals surface area contributed by atoms with E-state index in [9.17, 15) is 9.18 Å². The maximum Gasteiger partial charge on any atom is 0.240 e. The summed E-state index contributed by atoms with van der Waals surface area (Å²) >= 11 is 3.32. The normalized spacial score (nSPS) is 18.4. The van der Waals surface area contributed by atoms with Gasteiger partial charge in [0.15, 0.2) is 5.16 Å². The molecule has 2 aromatic heterocycles. The van der Waals surface area contributed by atoms with Crippen molar-refractivity contribution in [2.75, 3.05) is 13.6 Å². The highest BCUT2D eigenvalue weighted by atomic mass is 32.2. The van der Waals surface area contributed by atoms with Crippen LogP contribution in [0.25, 0.3) is 10.1 Å². The number of rotatable bonds is 7. The van der Waals surface area contributed by atoms with Crippen molar-refractivity contribution in [3.05, 3.63) is 89.3 Å². The summed E-state index contributed by atoms with van der Waals surface area (Å²) in [5.41, 5.74) is 0.867. The third-order valence-electron chi connectivity index (χ3n) is 5.98. The second-order valence-corrected chi connectivity index (χ2v) is 11.0. The molecule has 3 heterocycles. The molecule has 5 nitrogen and oxygen atoms in total. The number of likely N-dealkylation sites (tertiary alicyclic amines) is 1. The minimum absolute atomic E-state index is 0.0888. The maximum atomic E-state index is 13.8. The number of amides is 1. The molecule has 1 amide bonds. The number of halogens is 1. The molecule has 34 heavy (non-hydrogen) atoms. The smallest absolute Gasteiger partial charge is 0.240 e. The number of carbonyl (C=O) groups excluding carboxylic acids is 1. The number of carbonyl (C=O) groups is 1. The Balaban J connectivity index is 1.33. The van der Waals surface area contributed by atoms with E-state index in [1.165, 1.54) is 16.2 Å². The van der Waals surface area contributed by atoms with E-state index in [0.717, 1.165) is 10.4 Å². The quantitative estimate of drug-likeness (QED) is 0.331. The summed E-state index contributed by atoms with van der Waals surface area (Å²) in [5.74, 6) is -0.170. The first kappa shape index (κ1) is 23.0. The summed E-state index contributed by atoms with van der Waals surface area (Å²) in [6.07, 6.45) is 4.17. The van der Waals surface area contributed by atoms with Crippen molar-refractivity contribution in [1.29, 1.82) is 0 Å². The van der Waals surface area contributed by atoms with Gasteiger partial charge in [-0.3, -0.25) is 9.69 Å². The van der Waals surface area contributed by atoms with Crippen molar-refractivity contribution in [1.82, 2.24) is 19.8 Å². The number of hydrogen-bond acceptors (Lipinski definition) is 6. The SMILES string of the molecule is CN(Cc1cc2ccccc2s1)C(=O)[C@@H]1C[C@@H](Sc2ncccn2)CN1Cc1cccc(F)c1. The Hall–Kier alpha value is -2.81. The zero-order valence-corrected chi connectivity index (χ0v) is 20.4. The summed E-state index contributed by atoms with van der Waals surface area (Å²) in [7, 11) is 1.87. The zero-order valence-electron chi connectivity index (χ0n) is 18.8. The largest absolute Gasteiger partial charge is 0.339 e. The second-order valence-electron chi connectivity index (χ2n) is 8.53. The van der Waals surface area contributed by atoms with Crippen LogP contribution in [0.5, 0.6) is 0 Å². The molecule has 0 spiro atoms. The van der Waals surface area contributed by atoms with Crippen LogP contribution in [0, 0.1) is 5.82 Å². The highest BCUT2D eigenvalue weighted by Crippen LogP contribution is 2.33. The molecule has 4 aromatic rings. The number of thiophene rings is 1. The molecule has 0 N–H and O–H groups in total. The van der Waals surface area contributed by atoms with Gasteiger partial charge in [0.25, 0.3) is 0 Å². The Morgan fingerprint density at radius 2 is 1.97 bits per heavy atom. The van der Waals surface area contributed by atoms with Crippen LogP contribution in [-0.4, -0.2) is 50.6 Å². The molecular formula is C26H25FN4OS2. The number of nitrogens with zero attached hydrogens (tertiary/aromatic N) is 4. The predicted octanol–water partition coefficient (Wildman–Crippen LogP) is 5.22. The van der Waals surface area contributed by atoms with Crippen molar-refractivity contribution < 1.29 is 9.18 Å². The van der Waals surface area contributed by atoms with Gasteiger partial charge in [-0.25, -0.2) is 14.4 Å². The van der Waals surface area contributed by atoms with Gasteiger partial charge in [-0.15, -0.1) is 11.3 Å². The third-order valence-corrected chi connectivity index (χ3v) is 8.18. The highest BCUT2D eigenvalue weighted by molar-refractivity contribution is 7.99. The first-order valence-corrected chi connectivity index (χ1v) is 12.9. The highest BCUT2D eigenvalue weighted by Gasteiger charge is 2.39. The van der Waals surface area contributed by atoms with E-state index in [1.54, 1.807) is 53.7 Å². The van der Waals surface area contributed by atoms with Crippen LogP contribution in [0.4, 0.5) is 4.39 Å². The predicted molar refractivity (Wildman–Crippen MR) is 135 cm³/mol. The van der Waals surface area contributed by atoms with Crippen LogP contribution in [0.3, 0.4) is 0 Å². The molecule has 5 rings (SSSR count). The Kier molecular flexibility index (Phi) is 6.89. The van der Waals surface area contributed by atoms with Crippen molar-refractivity contribution in [3.63, 3.8) is 0 Å². The van der Waals surface area contributed by atoms with Gasteiger partial charge in [-0.1, -0.05) is 42.1 Å². The maximum absolute atomic E-state index is 13.8. The van der Waals surface area contributed by atoms with E-state index >= 15 is 0 Å². The molecule has 0 radical (unpaired) electrons. The standard InChI is InChI=1S/C26H25FN4OS2/c1-30(16-21-13-19-7-2-3-9-24(19)33-21)25(32)23-14-22(34-26-28-10-5-11-29-26)17-31(23)15-18-6-4-8-20(27)12-18/h2-13,22-23H,14-17H2,1H3/t22-,23+/m1/s1. The molecule has 8 heteroatoms. The average Bonchev–Trinajstić information content (AvgIpc) is 3.42. The van der Waals surface area contributed by atoms with Gasteiger partial charge < -0.3 is 4.90 Å². The van der Waals surface area contributed by atoms with Crippen LogP contribution < -0.4 is 0 Å². The van der Waals surface area contributed by atoms with E-state index in [-0.39, 0.29) is 23.0 Å². The number of likely N-dealkylation sites (N-methyl/N-ethyl adjacent to an activating group) is 1. The van der Waals surface area contributed by atoms with E-state index in [1.807, 2.05) is 30.1 Å². The van der Waals surface area contributed by atoms with Gasteiger partial charge in [0.1, 0.15) is 5.82 Å². The lowest BCUT2D eigenvalue weighted by Gasteiger charge is -2.27. The third kappa shape index (κ3) is 5.29. The molecule has 2 atom stereocenters. The van der Waals surface area contributed by atoms with Crippen molar-refractivity contribution in [2.45, 2.75) is 36.0 Å². The van der Waals surface area contributed by atoms with Gasteiger partial charge in [-0.2, -0.15) is 0 Å². The van der Waals surface area contributed by atoms with Gasteiger partial charge in [0.05, 0.1) is 12.6 Å². The zero-order chi connectivity index (χ0) is 23.5. The fourth-order valence-electron chi connectivity index (χ4n) is 4.42. The summed E-state index contributed by atoms with van der Waals surface area (Å²) in [5, 5.41) is 2.10. The number of aromatic nitrogens is 2. The lowest BCUT2D eigenvalue weighted by molar-refractivity contribution is -0.135. The van der Waals surface area contributed by atoms with Gasteiger partial charge in [0.2, 0.25) is 5.91 Å². The average molecular weight is 493 g/mol. The monoisotopic (exact) mass is 492 g/mol. The summed E-state index contributed by atoms with van der Waals surface area (Å²) in [6.45, 7) is 1.81. The molecule has 1 saturated heterocycles. The van der Waals surface area contributed by atoms with Crippen molar-refractivity contribution in [2.24, 2.45) is 0 Å². The molecule has 1 fully saturated rings. The van der Waals surface area contributed by atoms with Crippen LogP contribution in [0.15, 0.2) is 78.2 Å². The lowest BCUT2D eigenvalue weighted by atomic mass is 10.1. The Morgan fingerprint density at radius 3 is 2.76 bits per heavy atom. The van der Waals surface area contributed by atoms with E-state index in [4.69, 9.17) is 0 Å². The number of benzene rings is 2. The Bertz CT molecular complexity index is 1250. The number of hydrogen-bond donors (Lipinski definition) is 0. The first-order valence-electron chi connectivity index (χ1n) is 11.2. The molecule has 1 aliphatic heterocycles. The van der Waals surface area contributed by atoms with Crippen LogP contribution in [0.2, 0.25) is 0 Å². The molecule has 0 saturated carbocycles. The van der Waals surface area contributed by atoms with Gasteiger partial charge in [0, 0.05) is 47.4 Å². The van der Waals surface area contributed by atoms with Crippen LogP contribution >= 0.6 is 23.1 Å². The minimum Gasteiger partial charge on any atom is -0.339 e. The van der Waals surface area contributed by atoms with E-state index in [0.29, 0.717) is 31.2 Å². The summed E-state index contributed by atoms with van der Waals surface area (Å²) in [6, 6.07) is 18.6. The van der Waals surface area contributed by atoms with Crippen molar-refractivity contribution in [3.8, 4) is 0 Å². The Labute approximate surface area is 206 Å². The number of thioether (sulfide) groups is 1. The van der Waals surface area contributed by atoms with E-state index in [2.05, 4.69) is 33.1 Å². The van der Waals surface area contributed by atoms with Gasteiger partial charge in [-0.05, 0) is 47.7 Å². The fraction of sp³-hybridized carbons (Fsp3) is 0.269. The topological polar surface area (TPSA) is 49.3 Å². The van der Waals surface area contributed by atoms with Crippen LogP contribution in [0.1, 0.15) is 16.9 Å². The van der Waals surface area contributed by atoms with Crippen molar-refractivity contribution >= 4 is 39.1 Å². The second kappa shape index (κ2) is 10.2. The summed E-state index contributed by atoms with van der Waals surface area (Å²) < 4.78 is 15.0. The summed E-state index contributed by atoms with van der Waals surface area (Å²) in [4.78, 5) is 27.4. The fourth-order valence-corrected chi connectivity index (χ4v) is 6.63. The molecule has 1 aliphatic rings.